The average molecular weight is 323 g/mol. The molecule has 5 nitrogen and oxygen atoms in total. The maximum absolute atomic E-state index is 12.4. The lowest BCUT2D eigenvalue weighted by Gasteiger charge is -2.14. The first kappa shape index (κ1) is 15.0. The van der Waals surface area contributed by atoms with Crippen LogP contribution in [-0.2, 0) is 18.3 Å². The molecule has 1 atom stereocenters. The Labute approximate surface area is 141 Å². The van der Waals surface area contributed by atoms with E-state index in [1.165, 1.54) is 5.56 Å². The summed E-state index contributed by atoms with van der Waals surface area (Å²) in [6, 6.07) is 6.08. The van der Waals surface area contributed by atoms with Crippen molar-refractivity contribution in [3.8, 4) is 5.75 Å². The van der Waals surface area contributed by atoms with Crippen molar-refractivity contribution in [3.63, 3.8) is 0 Å². The molecule has 1 fully saturated rings. The molecule has 1 aromatic heterocycles. The molecular formula is C19H21N3O2. The van der Waals surface area contributed by atoms with Crippen LogP contribution in [0.2, 0.25) is 0 Å². The van der Waals surface area contributed by atoms with Gasteiger partial charge in [-0.2, -0.15) is 0 Å². The minimum atomic E-state index is 0.0726. The lowest BCUT2D eigenvalue weighted by molar-refractivity contribution is -0.124. The third kappa shape index (κ3) is 2.82. The van der Waals surface area contributed by atoms with Crippen LogP contribution in [0.25, 0.3) is 6.08 Å². The Hall–Kier alpha value is -2.56. The van der Waals surface area contributed by atoms with E-state index < -0.39 is 0 Å². The number of nitrogens with zero attached hydrogens (tertiary/aromatic N) is 3. The Morgan fingerprint density at radius 3 is 3.17 bits per heavy atom. The number of imidazole rings is 1. The first-order chi connectivity index (χ1) is 11.7. The zero-order chi connectivity index (χ0) is 16.5. The highest BCUT2D eigenvalue weighted by molar-refractivity contribution is 5.92. The van der Waals surface area contributed by atoms with Gasteiger partial charge in [0.1, 0.15) is 11.6 Å². The zero-order valence-electron chi connectivity index (χ0n) is 13.8. The van der Waals surface area contributed by atoms with Gasteiger partial charge in [0.2, 0.25) is 5.91 Å². The molecule has 1 unspecified atom stereocenters. The fourth-order valence-electron chi connectivity index (χ4n) is 3.52. The molecule has 0 aliphatic carbocycles. The smallest absolute Gasteiger partial charge is 0.246 e. The quantitative estimate of drug-likeness (QED) is 0.815. The monoisotopic (exact) mass is 323 g/mol. The maximum Gasteiger partial charge on any atom is 0.246 e. The molecule has 5 heteroatoms. The Morgan fingerprint density at radius 1 is 1.42 bits per heavy atom. The van der Waals surface area contributed by atoms with Crippen LogP contribution in [0.3, 0.4) is 0 Å². The van der Waals surface area contributed by atoms with E-state index in [1.807, 2.05) is 47.1 Å². The summed E-state index contributed by atoms with van der Waals surface area (Å²) in [5.74, 6) is 2.44. The third-order valence-electron chi connectivity index (χ3n) is 4.86. The van der Waals surface area contributed by atoms with Gasteiger partial charge in [0.05, 0.1) is 6.61 Å². The van der Waals surface area contributed by atoms with Crippen LogP contribution in [0.5, 0.6) is 5.75 Å². The minimum Gasteiger partial charge on any atom is -0.493 e. The van der Waals surface area contributed by atoms with Crippen LogP contribution >= 0.6 is 0 Å². The minimum absolute atomic E-state index is 0.0726. The molecule has 0 N–H and O–H groups in total. The summed E-state index contributed by atoms with van der Waals surface area (Å²) in [6.45, 7) is 2.29. The van der Waals surface area contributed by atoms with Crippen molar-refractivity contribution in [2.24, 2.45) is 7.05 Å². The molecule has 0 bridgehead atoms. The highest BCUT2D eigenvalue weighted by atomic mass is 16.5. The largest absolute Gasteiger partial charge is 0.493 e. The van der Waals surface area contributed by atoms with E-state index in [0.29, 0.717) is 5.92 Å². The normalized spacial score (nSPS) is 19.7. The number of hydrogen-bond donors (Lipinski definition) is 0. The molecule has 0 saturated carbocycles. The Kier molecular flexibility index (Phi) is 3.84. The molecule has 1 aromatic carbocycles. The molecule has 1 amide bonds. The van der Waals surface area contributed by atoms with Gasteiger partial charge < -0.3 is 14.2 Å². The predicted octanol–water partition coefficient (Wildman–Crippen LogP) is 2.38. The van der Waals surface area contributed by atoms with E-state index in [9.17, 15) is 4.79 Å². The van der Waals surface area contributed by atoms with Crippen molar-refractivity contribution in [2.45, 2.75) is 18.8 Å². The summed E-state index contributed by atoms with van der Waals surface area (Å²) >= 11 is 0. The van der Waals surface area contributed by atoms with Crippen molar-refractivity contribution in [1.29, 1.82) is 0 Å². The van der Waals surface area contributed by atoms with E-state index >= 15 is 0 Å². The molecule has 24 heavy (non-hydrogen) atoms. The topological polar surface area (TPSA) is 47.4 Å². The number of hydrogen-bond acceptors (Lipinski definition) is 3. The zero-order valence-corrected chi connectivity index (χ0v) is 13.8. The number of aryl methyl sites for hydroxylation is 1. The van der Waals surface area contributed by atoms with E-state index in [4.69, 9.17) is 4.74 Å². The van der Waals surface area contributed by atoms with E-state index in [2.05, 4.69) is 11.1 Å². The number of ether oxygens (including phenoxy) is 1. The van der Waals surface area contributed by atoms with Crippen molar-refractivity contribution < 1.29 is 9.53 Å². The number of benzene rings is 1. The van der Waals surface area contributed by atoms with E-state index in [1.54, 1.807) is 6.08 Å². The maximum atomic E-state index is 12.4. The van der Waals surface area contributed by atoms with Gasteiger partial charge in [-0.25, -0.2) is 4.98 Å². The highest BCUT2D eigenvalue weighted by Gasteiger charge is 2.28. The van der Waals surface area contributed by atoms with Gasteiger partial charge in [-0.05, 0) is 35.8 Å². The van der Waals surface area contributed by atoms with Crippen LogP contribution in [0.1, 0.15) is 29.3 Å². The van der Waals surface area contributed by atoms with Gasteiger partial charge in [-0.3, -0.25) is 4.79 Å². The molecule has 0 spiro atoms. The van der Waals surface area contributed by atoms with E-state index in [-0.39, 0.29) is 5.91 Å². The highest BCUT2D eigenvalue weighted by Crippen LogP contribution is 2.27. The van der Waals surface area contributed by atoms with Gasteiger partial charge in [0.25, 0.3) is 0 Å². The van der Waals surface area contributed by atoms with Gasteiger partial charge in [-0.1, -0.05) is 6.07 Å². The Bertz CT molecular complexity index is 794. The summed E-state index contributed by atoms with van der Waals surface area (Å²) in [5, 5.41) is 0. The number of carbonyl (C=O) groups is 1. The van der Waals surface area contributed by atoms with Crippen LogP contribution in [0.15, 0.2) is 36.7 Å². The SMILES string of the molecule is Cn1ccnc1C1CCN(C(=O)/C=C/c2ccc3c(c2)CCO3)C1. The van der Waals surface area contributed by atoms with Crippen LogP contribution < -0.4 is 4.74 Å². The first-order valence-corrected chi connectivity index (χ1v) is 8.40. The summed E-state index contributed by atoms with van der Waals surface area (Å²) in [4.78, 5) is 18.8. The number of likely N-dealkylation sites (tertiary alicyclic amines) is 1. The molecule has 1 saturated heterocycles. The molecule has 2 aliphatic heterocycles. The number of amides is 1. The second-order valence-electron chi connectivity index (χ2n) is 6.47. The summed E-state index contributed by atoms with van der Waals surface area (Å²) in [7, 11) is 2.00. The van der Waals surface area contributed by atoms with Crippen molar-refractivity contribution in [1.82, 2.24) is 14.5 Å². The Morgan fingerprint density at radius 2 is 2.33 bits per heavy atom. The average Bonchev–Trinajstić information content (AvgIpc) is 3.31. The van der Waals surface area contributed by atoms with Gasteiger partial charge in [0, 0.05) is 50.9 Å². The summed E-state index contributed by atoms with van der Waals surface area (Å²) < 4.78 is 7.55. The molecule has 4 rings (SSSR count). The second kappa shape index (κ2) is 6.15. The Balaban J connectivity index is 1.41. The lowest BCUT2D eigenvalue weighted by Crippen LogP contribution is -2.26. The van der Waals surface area contributed by atoms with Gasteiger partial charge in [0.15, 0.2) is 0 Å². The van der Waals surface area contributed by atoms with Crippen molar-refractivity contribution in [3.05, 3.63) is 53.6 Å². The van der Waals surface area contributed by atoms with Crippen molar-refractivity contribution >= 4 is 12.0 Å². The number of aromatic nitrogens is 2. The summed E-state index contributed by atoms with van der Waals surface area (Å²) in [5.41, 5.74) is 2.27. The molecular weight excluding hydrogens is 302 g/mol. The van der Waals surface area contributed by atoms with Crippen LogP contribution in [-0.4, -0.2) is 40.1 Å². The molecule has 0 radical (unpaired) electrons. The van der Waals surface area contributed by atoms with Crippen LogP contribution in [0.4, 0.5) is 0 Å². The van der Waals surface area contributed by atoms with Gasteiger partial charge >= 0.3 is 0 Å². The fourth-order valence-corrected chi connectivity index (χ4v) is 3.52. The molecule has 3 heterocycles. The van der Waals surface area contributed by atoms with Crippen LogP contribution in [0, 0.1) is 0 Å². The second-order valence-corrected chi connectivity index (χ2v) is 6.47. The molecule has 124 valence electrons. The molecule has 2 aliphatic rings. The van der Waals surface area contributed by atoms with Gasteiger partial charge in [-0.15, -0.1) is 0 Å². The fraction of sp³-hybridized carbons (Fsp3) is 0.368. The third-order valence-corrected chi connectivity index (χ3v) is 4.86. The number of fused-ring (bicyclic) bond motifs is 1. The number of rotatable bonds is 3. The van der Waals surface area contributed by atoms with Crippen molar-refractivity contribution in [2.75, 3.05) is 19.7 Å². The summed E-state index contributed by atoms with van der Waals surface area (Å²) in [6.07, 6.45) is 9.27. The first-order valence-electron chi connectivity index (χ1n) is 8.40. The predicted molar refractivity (Wildman–Crippen MR) is 91.8 cm³/mol. The van der Waals surface area contributed by atoms with E-state index in [0.717, 1.165) is 49.7 Å². The molecule has 2 aromatic rings. The standard InChI is InChI=1S/C19H21N3O2/c1-21-10-8-20-19(21)16-6-9-22(13-16)18(23)5-3-14-2-4-17-15(12-14)7-11-24-17/h2-5,8,10,12,16H,6-7,9,11,13H2,1H3/b5-3+. The number of carbonyl (C=O) groups excluding carboxylic acids is 1. The lowest BCUT2D eigenvalue weighted by atomic mass is 10.1.